The number of rotatable bonds is 2. The third-order valence-electron chi connectivity index (χ3n) is 3.79. The lowest BCUT2D eigenvalue weighted by molar-refractivity contribution is 0.0761. The molecule has 1 aromatic rings. The van der Waals surface area contributed by atoms with Gasteiger partial charge in [-0.3, -0.25) is 9.78 Å². The van der Waals surface area contributed by atoms with Crippen LogP contribution >= 0.6 is 0 Å². The number of aromatic nitrogens is 1. The van der Waals surface area contributed by atoms with E-state index in [0.717, 1.165) is 31.8 Å². The van der Waals surface area contributed by atoms with E-state index in [0.29, 0.717) is 11.3 Å². The summed E-state index contributed by atoms with van der Waals surface area (Å²) in [6.07, 6.45) is 7.80. The van der Waals surface area contributed by atoms with Crippen LogP contribution in [0.4, 0.5) is 5.69 Å². The van der Waals surface area contributed by atoms with Crippen LogP contribution in [-0.2, 0) is 0 Å². The molecule has 1 unspecified atom stereocenters. The van der Waals surface area contributed by atoms with E-state index >= 15 is 0 Å². The van der Waals surface area contributed by atoms with Crippen molar-refractivity contribution in [1.29, 1.82) is 0 Å². The van der Waals surface area contributed by atoms with E-state index in [9.17, 15) is 4.79 Å². The van der Waals surface area contributed by atoms with Crippen molar-refractivity contribution in [2.75, 3.05) is 18.8 Å². The summed E-state index contributed by atoms with van der Waals surface area (Å²) >= 11 is 0. The van der Waals surface area contributed by atoms with Gasteiger partial charge in [0, 0.05) is 19.3 Å². The molecule has 0 radical (unpaired) electrons. The third kappa shape index (κ3) is 2.81. The second-order valence-corrected chi connectivity index (χ2v) is 4.96. The highest BCUT2D eigenvalue weighted by molar-refractivity contribution is 5.98. The van der Waals surface area contributed by atoms with Gasteiger partial charge in [0.1, 0.15) is 0 Å². The van der Waals surface area contributed by atoms with Gasteiger partial charge in [0.2, 0.25) is 0 Å². The zero-order chi connectivity index (χ0) is 13.0. The number of carbonyl (C=O) groups is 1. The Balaban J connectivity index is 2.08. The van der Waals surface area contributed by atoms with E-state index in [4.69, 9.17) is 5.73 Å². The van der Waals surface area contributed by atoms with E-state index in [-0.39, 0.29) is 5.91 Å². The van der Waals surface area contributed by atoms with Crippen molar-refractivity contribution in [2.45, 2.75) is 32.6 Å². The van der Waals surface area contributed by atoms with E-state index < -0.39 is 0 Å². The van der Waals surface area contributed by atoms with Crippen LogP contribution in [0.5, 0.6) is 0 Å². The molecular formula is C14H21N3O. The summed E-state index contributed by atoms with van der Waals surface area (Å²) in [5, 5.41) is 0. The lowest BCUT2D eigenvalue weighted by atomic mass is 9.98. The molecule has 1 amide bonds. The second-order valence-electron chi connectivity index (χ2n) is 4.96. The normalized spacial score (nSPS) is 20.5. The standard InChI is InChI=1S/C14H21N3O/c1-2-11-4-3-8-17(9-6-11)14(18)12-5-7-16-10-13(12)15/h5,7,10-11H,2-4,6,8-9,15H2,1H3. The molecule has 0 saturated carbocycles. The molecule has 4 heteroatoms. The molecule has 0 aromatic carbocycles. The van der Waals surface area contributed by atoms with Crippen molar-refractivity contribution in [3.63, 3.8) is 0 Å². The van der Waals surface area contributed by atoms with Gasteiger partial charge in [0.25, 0.3) is 5.91 Å². The molecular weight excluding hydrogens is 226 g/mol. The van der Waals surface area contributed by atoms with Crippen LogP contribution in [0.1, 0.15) is 43.0 Å². The molecule has 4 nitrogen and oxygen atoms in total. The Kier molecular flexibility index (Phi) is 4.18. The number of nitrogens with two attached hydrogens (primary N) is 1. The molecule has 1 aliphatic heterocycles. The number of amides is 1. The summed E-state index contributed by atoms with van der Waals surface area (Å²) in [7, 11) is 0. The average Bonchev–Trinajstić information content (AvgIpc) is 2.63. The smallest absolute Gasteiger partial charge is 0.256 e. The van der Waals surface area contributed by atoms with Gasteiger partial charge in [0.15, 0.2) is 0 Å². The number of likely N-dealkylation sites (tertiary alicyclic amines) is 1. The van der Waals surface area contributed by atoms with Crippen LogP contribution in [0, 0.1) is 5.92 Å². The largest absolute Gasteiger partial charge is 0.397 e. The van der Waals surface area contributed by atoms with E-state index in [1.807, 2.05) is 4.90 Å². The molecule has 98 valence electrons. The number of hydrogen-bond acceptors (Lipinski definition) is 3. The molecule has 0 bridgehead atoms. The molecule has 18 heavy (non-hydrogen) atoms. The predicted molar refractivity (Wildman–Crippen MR) is 72.2 cm³/mol. The van der Waals surface area contributed by atoms with Crippen LogP contribution in [0.3, 0.4) is 0 Å². The molecule has 1 atom stereocenters. The lowest BCUT2D eigenvalue weighted by Gasteiger charge is -2.21. The first kappa shape index (κ1) is 12.9. The number of hydrogen-bond donors (Lipinski definition) is 1. The Bertz CT molecular complexity index is 419. The summed E-state index contributed by atoms with van der Waals surface area (Å²) in [5.74, 6) is 0.809. The molecule has 1 fully saturated rings. The summed E-state index contributed by atoms with van der Waals surface area (Å²) in [6, 6.07) is 1.71. The van der Waals surface area contributed by atoms with Gasteiger partial charge in [-0.05, 0) is 31.2 Å². The summed E-state index contributed by atoms with van der Waals surface area (Å²) in [5.41, 5.74) is 6.87. The number of nitrogens with zero attached hydrogens (tertiary/aromatic N) is 2. The molecule has 0 aliphatic carbocycles. The van der Waals surface area contributed by atoms with Gasteiger partial charge in [-0.2, -0.15) is 0 Å². The van der Waals surface area contributed by atoms with Crippen LogP contribution in [0.2, 0.25) is 0 Å². The van der Waals surface area contributed by atoms with Crippen molar-refractivity contribution in [3.05, 3.63) is 24.0 Å². The maximum atomic E-state index is 12.4. The number of carbonyl (C=O) groups excluding carboxylic acids is 1. The molecule has 0 spiro atoms. The Morgan fingerprint density at radius 3 is 3.06 bits per heavy atom. The molecule has 1 aromatic heterocycles. The highest BCUT2D eigenvalue weighted by Crippen LogP contribution is 2.22. The van der Waals surface area contributed by atoms with Gasteiger partial charge in [-0.15, -0.1) is 0 Å². The monoisotopic (exact) mass is 247 g/mol. The minimum absolute atomic E-state index is 0.0478. The topological polar surface area (TPSA) is 59.2 Å². The Morgan fingerprint density at radius 1 is 1.50 bits per heavy atom. The van der Waals surface area contributed by atoms with Crippen LogP contribution in [0.25, 0.3) is 0 Å². The van der Waals surface area contributed by atoms with Crippen LogP contribution in [-0.4, -0.2) is 28.9 Å². The first-order chi connectivity index (χ1) is 8.72. The summed E-state index contributed by atoms with van der Waals surface area (Å²) in [4.78, 5) is 18.2. The van der Waals surface area contributed by atoms with Gasteiger partial charge in [0.05, 0.1) is 17.4 Å². The van der Waals surface area contributed by atoms with Gasteiger partial charge < -0.3 is 10.6 Å². The minimum Gasteiger partial charge on any atom is -0.397 e. The molecule has 2 N–H and O–H groups in total. The van der Waals surface area contributed by atoms with Gasteiger partial charge in [-0.1, -0.05) is 13.3 Å². The minimum atomic E-state index is 0.0478. The molecule has 2 heterocycles. The molecule has 1 saturated heterocycles. The SMILES string of the molecule is CCC1CCCN(C(=O)c2ccncc2N)CC1. The van der Waals surface area contributed by atoms with E-state index in [1.54, 1.807) is 18.5 Å². The van der Waals surface area contributed by atoms with Gasteiger partial charge >= 0.3 is 0 Å². The third-order valence-corrected chi connectivity index (χ3v) is 3.79. The predicted octanol–water partition coefficient (Wildman–Crippen LogP) is 2.32. The Morgan fingerprint density at radius 2 is 2.33 bits per heavy atom. The van der Waals surface area contributed by atoms with Crippen molar-refractivity contribution >= 4 is 11.6 Å². The first-order valence-electron chi connectivity index (χ1n) is 6.71. The fourth-order valence-electron chi connectivity index (χ4n) is 2.55. The van der Waals surface area contributed by atoms with Crippen molar-refractivity contribution in [3.8, 4) is 0 Å². The van der Waals surface area contributed by atoms with Gasteiger partial charge in [-0.25, -0.2) is 0 Å². The van der Waals surface area contributed by atoms with Crippen LogP contribution < -0.4 is 5.73 Å². The Hall–Kier alpha value is -1.58. The fourth-order valence-corrected chi connectivity index (χ4v) is 2.55. The van der Waals surface area contributed by atoms with E-state index in [2.05, 4.69) is 11.9 Å². The second kappa shape index (κ2) is 5.85. The number of pyridine rings is 1. The first-order valence-corrected chi connectivity index (χ1v) is 6.71. The van der Waals surface area contributed by atoms with Crippen molar-refractivity contribution < 1.29 is 4.79 Å². The lowest BCUT2D eigenvalue weighted by Crippen LogP contribution is -2.32. The average molecular weight is 247 g/mol. The van der Waals surface area contributed by atoms with Crippen molar-refractivity contribution in [1.82, 2.24) is 9.88 Å². The molecule has 1 aliphatic rings. The maximum absolute atomic E-state index is 12.4. The quantitative estimate of drug-likeness (QED) is 0.872. The number of nitrogen functional groups attached to an aromatic ring is 1. The van der Waals surface area contributed by atoms with Crippen LogP contribution in [0.15, 0.2) is 18.5 Å². The van der Waals surface area contributed by atoms with Crippen molar-refractivity contribution in [2.24, 2.45) is 5.92 Å². The summed E-state index contributed by atoms with van der Waals surface area (Å²) < 4.78 is 0. The zero-order valence-corrected chi connectivity index (χ0v) is 10.9. The highest BCUT2D eigenvalue weighted by atomic mass is 16.2. The maximum Gasteiger partial charge on any atom is 0.256 e. The fraction of sp³-hybridized carbons (Fsp3) is 0.571. The van der Waals surface area contributed by atoms with E-state index in [1.165, 1.54) is 12.8 Å². The summed E-state index contributed by atoms with van der Waals surface area (Å²) in [6.45, 7) is 3.92. The molecule has 2 rings (SSSR count). The zero-order valence-electron chi connectivity index (χ0n) is 10.9. The highest BCUT2D eigenvalue weighted by Gasteiger charge is 2.21. The Labute approximate surface area is 108 Å². The number of anilines is 1.